The summed E-state index contributed by atoms with van der Waals surface area (Å²) in [7, 11) is 0. The number of aromatic carboxylic acids is 1. The zero-order valence-corrected chi connectivity index (χ0v) is 19.2. The molecule has 0 saturated heterocycles. The number of benzene rings is 2. The van der Waals surface area contributed by atoms with Crippen LogP contribution in [0, 0.1) is 11.8 Å². The number of halogens is 3. The Hall–Kier alpha value is -2.72. The predicted molar refractivity (Wildman–Crippen MR) is 123 cm³/mol. The average molecular weight is 495 g/mol. The first-order valence-corrected chi connectivity index (χ1v) is 11.8. The van der Waals surface area contributed by atoms with E-state index in [1.54, 1.807) is 17.8 Å². The van der Waals surface area contributed by atoms with E-state index >= 15 is 0 Å². The number of thioether (sulfide) groups is 1. The minimum atomic E-state index is -4.60. The minimum Gasteiger partial charge on any atom is -0.478 e. The Morgan fingerprint density at radius 2 is 1.88 bits per heavy atom. The number of carbonyl (C=O) groups is 2. The van der Waals surface area contributed by atoms with E-state index in [1.165, 1.54) is 12.1 Å². The van der Waals surface area contributed by atoms with Gasteiger partial charge in [0.25, 0.3) is 5.91 Å². The van der Waals surface area contributed by atoms with E-state index in [4.69, 9.17) is 0 Å². The van der Waals surface area contributed by atoms with Crippen molar-refractivity contribution in [2.75, 3.05) is 17.2 Å². The third-order valence-corrected chi connectivity index (χ3v) is 8.06. The maximum atomic E-state index is 13.0. The van der Waals surface area contributed by atoms with E-state index in [-0.39, 0.29) is 28.3 Å². The second-order valence-corrected chi connectivity index (χ2v) is 10.5. The number of amides is 1. The van der Waals surface area contributed by atoms with Gasteiger partial charge in [0.05, 0.1) is 21.7 Å². The number of carbonyl (C=O) groups excluding carboxylic acids is 1. The Bertz CT molecular complexity index is 1120. The fourth-order valence-corrected chi connectivity index (χ4v) is 6.09. The van der Waals surface area contributed by atoms with Crippen LogP contribution < -0.4 is 10.6 Å². The van der Waals surface area contributed by atoms with Crippen LogP contribution >= 0.6 is 11.8 Å². The van der Waals surface area contributed by atoms with Gasteiger partial charge in [0.2, 0.25) is 0 Å². The molecule has 1 fully saturated rings. The van der Waals surface area contributed by atoms with Crippen LogP contribution in [-0.4, -0.2) is 33.6 Å². The second-order valence-electron chi connectivity index (χ2n) is 8.97. The Morgan fingerprint density at radius 3 is 2.50 bits per heavy atom. The molecule has 1 aliphatic carbocycles. The predicted octanol–water partition coefficient (Wildman–Crippen LogP) is 5.69. The van der Waals surface area contributed by atoms with Crippen molar-refractivity contribution in [1.82, 2.24) is 0 Å². The number of hydrogen-bond acceptors (Lipinski definition) is 5. The van der Waals surface area contributed by atoms with E-state index in [0.717, 1.165) is 48.8 Å². The standard InChI is InChI=1S/C24H25F3N2O4S/c1-23(15-7-5-13(12-30)6-8-15)29-19-10-17(22(32)33)18(11-20(19)34-23)28-21(31)14-3-2-4-16(9-14)24(25,26)27/h2-4,9-11,13,15,29-30H,5-8,12H2,1H3,(H,28,31)(H,32,33). The molecular formula is C24H25F3N2O4S. The second kappa shape index (κ2) is 9.14. The number of carboxylic acids is 1. The Balaban J connectivity index is 1.58. The van der Waals surface area contributed by atoms with Crippen LogP contribution in [0.1, 0.15) is 58.9 Å². The molecule has 0 radical (unpaired) electrons. The maximum Gasteiger partial charge on any atom is 0.416 e. The van der Waals surface area contributed by atoms with E-state index < -0.39 is 23.6 Å². The summed E-state index contributed by atoms with van der Waals surface area (Å²) < 4.78 is 39.0. The first kappa shape index (κ1) is 24.4. The molecule has 2 aliphatic rings. The first-order chi connectivity index (χ1) is 16.0. The number of carboxylic acid groups (broad SMARTS) is 1. The zero-order chi connectivity index (χ0) is 24.7. The Kier molecular flexibility index (Phi) is 6.56. The quantitative estimate of drug-likeness (QED) is 0.426. The monoisotopic (exact) mass is 494 g/mol. The van der Waals surface area contributed by atoms with Crippen molar-refractivity contribution >= 4 is 35.0 Å². The molecule has 1 heterocycles. The molecule has 1 unspecified atom stereocenters. The number of aliphatic hydroxyl groups excluding tert-OH is 1. The summed E-state index contributed by atoms with van der Waals surface area (Å²) in [5.74, 6) is -1.46. The highest BCUT2D eigenvalue weighted by molar-refractivity contribution is 8.01. The Labute approximate surface area is 198 Å². The largest absolute Gasteiger partial charge is 0.478 e. The van der Waals surface area contributed by atoms with Gasteiger partial charge < -0.3 is 20.8 Å². The SMILES string of the molecule is CC1(C2CCC(CO)CC2)Nc2cc(C(=O)O)c(NC(=O)c3cccc(C(F)(F)F)c3)cc2S1. The summed E-state index contributed by atoms with van der Waals surface area (Å²) in [6, 6.07) is 7.00. The van der Waals surface area contributed by atoms with E-state index in [0.29, 0.717) is 17.5 Å². The lowest BCUT2D eigenvalue weighted by atomic mass is 9.79. The summed E-state index contributed by atoms with van der Waals surface area (Å²) >= 11 is 1.55. The van der Waals surface area contributed by atoms with Crippen molar-refractivity contribution in [3.63, 3.8) is 0 Å². The van der Waals surface area contributed by atoms with Gasteiger partial charge in [0.1, 0.15) is 0 Å². The molecule has 1 saturated carbocycles. The molecule has 4 N–H and O–H groups in total. The zero-order valence-electron chi connectivity index (χ0n) is 18.4. The van der Waals surface area contributed by atoms with Gasteiger partial charge in [-0.2, -0.15) is 13.2 Å². The number of fused-ring (bicyclic) bond motifs is 1. The first-order valence-electron chi connectivity index (χ1n) is 11.0. The molecule has 10 heteroatoms. The lowest BCUT2D eigenvalue weighted by Gasteiger charge is -2.38. The van der Waals surface area contributed by atoms with Crippen LogP contribution in [0.5, 0.6) is 0 Å². The summed E-state index contributed by atoms with van der Waals surface area (Å²) in [6.45, 7) is 2.24. The normalized spacial score (nSPS) is 24.3. The molecule has 1 amide bonds. The smallest absolute Gasteiger partial charge is 0.416 e. The minimum absolute atomic E-state index is 0.0243. The molecule has 4 rings (SSSR count). The molecule has 34 heavy (non-hydrogen) atoms. The van der Waals surface area contributed by atoms with Gasteiger partial charge in [-0.15, -0.1) is 0 Å². The van der Waals surface area contributed by atoms with Crippen LogP contribution in [0.2, 0.25) is 0 Å². The van der Waals surface area contributed by atoms with Gasteiger partial charge in [0.15, 0.2) is 0 Å². The summed E-state index contributed by atoms with van der Waals surface area (Å²) in [5.41, 5.74) is -0.662. The molecule has 0 spiro atoms. The van der Waals surface area contributed by atoms with Crippen LogP contribution in [0.15, 0.2) is 41.3 Å². The van der Waals surface area contributed by atoms with E-state index in [2.05, 4.69) is 17.6 Å². The van der Waals surface area contributed by atoms with Gasteiger partial charge in [-0.1, -0.05) is 17.8 Å². The van der Waals surface area contributed by atoms with Crippen molar-refractivity contribution in [1.29, 1.82) is 0 Å². The molecule has 1 atom stereocenters. The van der Waals surface area contributed by atoms with Gasteiger partial charge in [-0.3, -0.25) is 4.79 Å². The third kappa shape index (κ3) is 4.88. The topological polar surface area (TPSA) is 98.7 Å². The van der Waals surface area contributed by atoms with Crippen LogP contribution in [-0.2, 0) is 6.18 Å². The van der Waals surface area contributed by atoms with Crippen molar-refractivity contribution < 1.29 is 33.0 Å². The number of rotatable bonds is 5. The van der Waals surface area contributed by atoms with Gasteiger partial charge in [-0.05, 0) is 74.8 Å². The van der Waals surface area contributed by atoms with Crippen LogP contribution in [0.3, 0.4) is 0 Å². The summed E-state index contributed by atoms with van der Waals surface area (Å²) in [4.78, 5) is 25.0. The fraction of sp³-hybridized carbons (Fsp3) is 0.417. The van der Waals surface area contributed by atoms with Gasteiger partial charge in [0, 0.05) is 22.8 Å². The van der Waals surface area contributed by atoms with Crippen molar-refractivity contribution in [3.05, 3.63) is 53.1 Å². The molecule has 2 aromatic rings. The lowest BCUT2D eigenvalue weighted by molar-refractivity contribution is -0.137. The van der Waals surface area contributed by atoms with Crippen molar-refractivity contribution in [2.24, 2.45) is 11.8 Å². The lowest BCUT2D eigenvalue weighted by Crippen LogP contribution is -2.39. The Morgan fingerprint density at radius 1 is 1.18 bits per heavy atom. The van der Waals surface area contributed by atoms with Gasteiger partial charge >= 0.3 is 12.1 Å². The highest BCUT2D eigenvalue weighted by Crippen LogP contribution is 2.53. The molecule has 6 nitrogen and oxygen atoms in total. The average Bonchev–Trinajstić information content (AvgIpc) is 3.14. The summed E-state index contributed by atoms with van der Waals surface area (Å²) in [6.07, 6.45) is -0.886. The number of nitrogens with one attached hydrogen (secondary N) is 2. The number of alkyl halides is 3. The van der Waals surface area contributed by atoms with Gasteiger partial charge in [-0.25, -0.2) is 4.79 Å². The fourth-order valence-electron chi connectivity index (χ4n) is 4.68. The molecule has 0 aromatic heterocycles. The molecule has 1 aliphatic heterocycles. The number of aliphatic hydroxyl groups is 1. The van der Waals surface area contributed by atoms with Crippen LogP contribution in [0.25, 0.3) is 0 Å². The molecule has 2 aromatic carbocycles. The maximum absolute atomic E-state index is 13.0. The van der Waals surface area contributed by atoms with Crippen molar-refractivity contribution in [2.45, 2.75) is 48.5 Å². The highest BCUT2D eigenvalue weighted by Gasteiger charge is 2.42. The van der Waals surface area contributed by atoms with Crippen LogP contribution in [0.4, 0.5) is 24.5 Å². The van der Waals surface area contributed by atoms with E-state index in [9.17, 15) is 33.0 Å². The number of anilines is 2. The molecular weight excluding hydrogens is 469 g/mol. The number of hydrogen-bond donors (Lipinski definition) is 4. The molecule has 182 valence electrons. The van der Waals surface area contributed by atoms with E-state index in [1.807, 2.05) is 0 Å². The summed E-state index contributed by atoms with van der Waals surface area (Å²) in [5, 5.41) is 25.0. The van der Waals surface area contributed by atoms with Crippen molar-refractivity contribution in [3.8, 4) is 0 Å². The highest BCUT2D eigenvalue weighted by atomic mass is 32.2. The molecule has 0 bridgehead atoms. The third-order valence-electron chi connectivity index (χ3n) is 6.64.